The van der Waals surface area contributed by atoms with E-state index in [2.05, 4.69) is 15.0 Å². The Labute approximate surface area is 116 Å². The monoisotopic (exact) mass is 273 g/mol. The molecule has 0 amide bonds. The number of methoxy groups -OCH3 is 1. The standard InChI is InChI=1S/C14H15N3O3/c1-9-13(10(2)18)15-16-17(9)8-11-5-4-6-12(7-11)14(19)20-3/h4-7H,8H2,1-3H3. The summed E-state index contributed by atoms with van der Waals surface area (Å²) in [4.78, 5) is 22.8. The van der Waals surface area contributed by atoms with Gasteiger partial charge in [0.25, 0.3) is 0 Å². The summed E-state index contributed by atoms with van der Waals surface area (Å²) in [7, 11) is 1.34. The summed E-state index contributed by atoms with van der Waals surface area (Å²) < 4.78 is 6.31. The molecule has 0 aliphatic carbocycles. The van der Waals surface area contributed by atoms with Crippen molar-refractivity contribution in [3.63, 3.8) is 0 Å². The van der Waals surface area contributed by atoms with Gasteiger partial charge in [-0.3, -0.25) is 4.79 Å². The lowest BCUT2D eigenvalue weighted by atomic mass is 10.1. The lowest BCUT2D eigenvalue weighted by Crippen LogP contribution is -2.07. The van der Waals surface area contributed by atoms with E-state index in [1.54, 1.807) is 29.8 Å². The molecule has 0 atom stereocenters. The normalized spacial score (nSPS) is 10.3. The number of esters is 1. The predicted octanol–water partition coefficient (Wildman–Crippen LogP) is 1.62. The second-order valence-corrected chi connectivity index (χ2v) is 4.43. The lowest BCUT2D eigenvalue weighted by Gasteiger charge is -2.05. The van der Waals surface area contributed by atoms with Crippen LogP contribution in [0.3, 0.4) is 0 Å². The van der Waals surface area contributed by atoms with Crippen LogP contribution in [-0.4, -0.2) is 33.9 Å². The number of ketones is 1. The van der Waals surface area contributed by atoms with Gasteiger partial charge in [-0.05, 0) is 24.6 Å². The van der Waals surface area contributed by atoms with Crippen molar-refractivity contribution in [1.82, 2.24) is 15.0 Å². The summed E-state index contributed by atoms with van der Waals surface area (Å²) in [5, 5.41) is 7.81. The van der Waals surface area contributed by atoms with Gasteiger partial charge in [0.2, 0.25) is 0 Å². The third-order valence-corrected chi connectivity index (χ3v) is 3.00. The van der Waals surface area contributed by atoms with Crippen LogP contribution in [0.5, 0.6) is 0 Å². The molecule has 104 valence electrons. The highest BCUT2D eigenvalue weighted by Crippen LogP contribution is 2.11. The second kappa shape index (κ2) is 5.64. The number of rotatable bonds is 4. The van der Waals surface area contributed by atoms with E-state index in [1.165, 1.54) is 14.0 Å². The number of nitrogens with zero attached hydrogens (tertiary/aromatic N) is 3. The minimum atomic E-state index is -0.383. The average molecular weight is 273 g/mol. The molecule has 0 fully saturated rings. The van der Waals surface area contributed by atoms with Crippen LogP contribution in [0.15, 0.2) is 24.3 Å². The molecule has 2 aromatic rings. The van der Waals surface area contributed by atoms with Crippen LogP contribution >= 0.6 is 0 Å². The van der Waals surface area contributed by atoms with Gasteiger partial charge in [0, 0.05) is 6.92 Å². The minimum absolute atomic E-state index is 0.114. The molecular weight excluding hydrogens is 258 g/mol. The maximum atomic E-state index is 11.5. The van der Waals surface area contributed by atoms with Crippen molar-refractivity contribution < 1.29 is 14.3 Å². The third-order valence-electron chi connectivity index (χ3n) is 3.00. The molecule has 0 unspecified atom stereocenters. The number of ether oxygens (including phenoxy) is 1. The predicted molar refractivity (Wildman–Crippen MR) is 71.6 cm³/mol. The highest BCUT2D eigenvalue weighted by atomic mass is 16.5. The Morgan fingerprint density at radius 3 is 2.70 bits per heavy atom. The summed E-state index contributed by atoms with van der Waals surface area (Å²) in [6.45, 7) is 3.69. The van der Waals surface area contributed by atoms with Gasteiger partial charge < -0.3 is 4.74 Å². The zero-order chi connectivity index (χ0) is 14.7. The van der Waals surface area contributed by atoms with E-state index in [-0.39, 0.29) is 11.8 Å². The first-order valence-corrected chi connectivity index (χ1v) is 6.11. The number of benzene rings is 1. The largest absolute Gasteiger partial charge is 0.465 e. The zero-order valence-electron chi connectivity index (χ0n) is 11.6. The number of carbonyl (C=O) groups is 2. The van der Waals surface area contributed by atoms with Gasteiger partial charge in [0.15, 0.2) is 11.5 Å². The van der Waals surface area contributed by atoms with Crippen LogP contribution in [0.4, 0.5) is 0 Å². The molecule has 6 heteroatoms. The van der Waals surface area contributed by atoms with E-state index < -0.39 is 0 Å². The molecule has 0 aliphatic heterocycles. The third kappa shape index (κ3) is 2.74. The number of Topliss-reactive ketones (excluding diaryl/α,β-unsaturated/α-hetero) is 1. The smallest absolute Gasteiger partial charge is 0.337 e. The van der Waals surface area contributed by atoms with Gasteiger partial charge in [-0.15, -0.1) is 5.10 Å². The molecule has 2 rings (SSSR count). The number of aromatic nitrogens is 3. The fourth-order valence-corrected chi connectivity index (χ4v) is 1.92. The van der Waals surface area contributed by atoms with E-state index in [1.807, 2.05) is 6.07 Å². The second-order valence-electron chi connectivity index (χ2n) is 4.43. The SMILES string of the molecule is COC(=O)c1cccc(Cn2nnc(C(C)=O)c2C)c1. The van der Waals surface area contributed by atoms with Crippen molar-refractivity contribution in [2.24, 2.45) is 0 Å². The van der Waals surface area contributed by atoms with Crippen LogP contribution < -0.4 is 0 Å². The Morgan fingerprint density at radius 1 is 1.35 bits per heavy atom. The van der Waals surface area contributed by atoms with Gasteiger partial charge >= 0.3 is 5.97 Å². The first-order valence-electron chi connectivity index (χ1n) is 6.11. The van der Waals surface area contributed by atoms with E-state index in [0.29, 0.717) is 23.5 Å². The van der Waals surface area contributed by atoms with E-state index >= 15 is 0 Å². The molecule has 0 bridgehead atoms. The van der Waals surface area contributed by atoms with Crippen LogP contribution in [-0.2, 0) is 11.3 Å². The van der Waals surface area contributed by atoms with Crippen LogP contribution in [0.1, 0.15) is 39.0 Å². The van der Waals surface area contributed by atoms with Crippen molar-refractivity contribution in [3.8, 4) is 0 Å². The van der Waals surface area contributed by atoms with Crippen molar-refractivity contribution in [3.05, 3.63) is 46.8 Å². The topological polar surface area (TPSA) is 74.1 Å². The Balaban J connectivity index is 2.26. The minimum Gasteiger partial charge on any atom is -0.465 e. The van der Waals surface area contributed by atoms with Gasteiger partial charge in [-0.2, -0.15) is 0 Å². The summed E-state index contributed by atoms with van der Waals surface area (Å²) >= 11 is 0. The number of hydrogen-bond donors (Lipinski definition) is 0. The highest BCUT2D eigenvalue weighted by Gasteiger charge is 2.13. The fourth-order valence-electron chi connectivity index (χ4n) is 1.92. The van der Waals surface area contributed by atoms with Crippen LogP contribution in [0.25, 0.3) is 0 Å². The van der Waals surface area contributed by atoms with E-state index in [0.717, 1.165) is 5.56 Å². The maximum absolute atomic E-state index is 11.5. The molecule has 0 saturated carbocycles. The molecule has 20 heavy (non-hydrogen) atoms. The molecule has 0 N–H and O–H groups in total. The molecule has 0 saturated heterocycles. The average Bonchev–Trinajstić information content (AvgIpc) is 2.80. The van der Waals surface area contributed by atoms with E-state index in [4.69, 9.17) is 0 Å². The van der Waals surface area contributed by atoms with Crippen LogP contribution in [0, 0.1) is 6.92 Å². The summed E-state index contributed by atoms with van der Waals surface area (Å²) in [5.74, 6) is -0.497. The zero-order valence-corrected chi connectivity index (χ0v) is 11.6. The highest BCUT2D eigenvalue weighted by molar-refractivity contribution is 5.93. The lowest BCUT2D eigenvalue weighted by molar-refractivity contribution is 0.0600. The molecule has 0 radical (unpaired) electrons. The first-order chi connectivity index (χ1) is 9.52. The maximum Gasteiger partial charge on any atom is 0.337 e. The first kappa shape index (κ1) is 13.9. The summed E-state index contributed by atoms with van der Waals surface area (Å²) in [6, 6.07) is 7.08. The van der Waals surface area contributed by atoms with Crippen molar-refractivity contribution in [1.29, 1.82) is 0 Å². The Bertz CT molecular complexity index is 661. The Kier molecular flexibility index (Phi) is 3.93. The quantitative estimate of drug-likeness (QED) is 0.625. The number of hydrogen-bond acceptors (Lipinski definition) is 5. The van der Waals surface area contributed by atoms with E-state index in [9.17, 15) is 9.59 Å². The molecule has 0 aliphatic rings. The van der Waals surface area contributed by atoms with Crippen molar-refractivity contribution in [2.75, 3.05) is 7.11 Å². The summed E-state index contributed by atoms with van der Waals surface area (Å²) in [6.07, 6.45) is 0. The van der Waals surface area contributed by atoms with Crippen LogP contribution in [0.2, 0.25) is 0 Å². The van der Waals surface area contributed by atoms with Crippen molar-refractivity contribution in [2.45, 2.75) is 20.4 Å². The molecule has 0 spiro atoms. The number of carbonyl (C=O) groups excluding carboxylic acids is 2. The molecule has 1 aromatic carbocycles. The van der Waals surface area contributed by atoms with Gasteiger partial charge in [0.05, 0.1) is 24.9 Å². The molecule has 1 heterocycles. The van der Waals surface area contributed by atoms with Gasteiger partial charge in [-0.25, -0.2) is 9.48 Å². The fraction of sp³-hybridized carbons (Fsp3) is 0.286. The Hall–Kier alpha value is -2.50. The molecule has 1 aromatic heterocycles. The van der Waals surface area contributed by atoms with Crippen molar-refractivity contribution >= 4 is 11.8 Å². The summed E-state index contributed by atoms with van der Waals surface area (Å²) in [5.41, 5.74) is 2.45. The Morgan fingerprint density at radius 2 is 2.10 bits per heavy atom. The van der Waals surface area contributed by atoms with Gasteiger partial charge in [-0.1, -0.05) is 17.3 Å². The van der Waals surface area contributed by atoms with Gasteiger partial charge in [0.1, 0.15) is 0 Å². The molecular formula is C14H15N3O3. The molecule has 6 nitrogen and oxygen atoms in total.